The summed E-state index contributed by atoms with van der Waals surface area (Å²) >= 11 is 0. The predicted molar refractivity (Wildman–Crippen MR) is 61.6 cm³/mol. The second-order valence-corrected chi connectivity index (χ2v) is 6.43. The normalized spacial score (nSPS) is 27.8. The van der Waals surface area contributed by atoms with Crippen molar-refractivity contribution >= 4 is 15.9 Å². The first kappa shape index (κ1) is 10.8. The number of carbonyl (C=O) groups is 1. The van der Waals surface area contributed by atoms with E-state index in [0.29, 0.717) is 6.42 Å². The maximum atomic E-state index is 12.3. The summed E-state index contributed by atoms with van der Waals surface area (Å²) in [5.41, 5.74) is 0. The van der Waals surface area contributed by atoms with E-state index in [0.717, 1.165) is 17.1 Å². The molecule has 1 amide bonds. The smallest absolute Gasteiger partial charge is 0.266 e. The van der Waals surface area contributed by atoms with Gasteiger partial charge in [-0.3, -0.25) is 4.79 Å². The van der Waals surface area contributed by atoms with Crippen LogP contribution in [0.3, 0.4) is 0 Å². The van der Waals surface area contributed by atoms with E-state index in [4.69, 9.17) is 0 Å². The van der Waals surface area contributed by atoms with Crippen molar-refractivity contribution in [2.24, 2.45) is 5.92 Å². The number of carbonyl (C=O) groups excluding carboxylic acids is 1. The summed E-state index contributed by atoms with van der Waals surface area (Å²) in [5.74, 6) is -0.288. The highest BCUT2D eigenvalue weighted by atomic mass is 32.2. The number of fused-ring (bicyclic) bond motifs is 2. The van der Waals surface area contributed by atoms with Gasteiger partial charge in [0.25, 0.3) is 10.0 Å². The van der Waals surface area contributed by atoms with Crippen LogP contribution in [-0.4, -0.2) is 24.7 Å². The minimum Gasteiger partial charge on any atom is -0.273 e. The molecule has 3 rings (SSSR count). The van der Waals surface area contributed by atoms with E-state index in [2.05, 4.69) is 0 Å². The molecular weight excluding hydrogens is 238 g/mol. The largest absolute Gasteiger partial charge is 0.273 e. The molecule has 1 saturated heterocycles. The molecule has 1 heterocycles. The van der Waals surface area contributed by atoms with Crippen LogP contribution in [0.2, 0.25) is 0 Å². The summed E-state index contributed by atoms with van der Waals surface area (Å²) in [5, 5.41) is 0. The van der Waals surface area contributed by atoms with Crippen LogP contribution in [0.15, 0.2) is 35.2 Å². The predicted octanol–water partition coefficient (Wildman–Crippen LogP) is 1.39. The van der Waals surface area contributed by atoms with E-state index >= 15 is 0 Å². The van der Waals surface area contributed by atoms with Crippen molar-refractivity contribution in [3.63, 3.8) is 0 Å². The lowest BCUT2D eigenvalue weighted by Crippen LogP contribution is -2.41. The molecule has 2 aliphatic rings. The Labute approximate surface area is 100 Å². The van der Waals surface area contributed by atoms with E-state index in [9.17, 15) is 13.2 Å². The standard InChI is InChI=1S/C12H13NO3S/c14-12-9-6-7-10(8-9)13(12)17(15,16)11-4-2-1-3-5-11/h1-5,9-10H,6-8H2/t9-,10+/m1/s1. The van der Waals surface area contributed by atoms with Gasteiger partial charge in [-0.15, -0.1) is 0 Å². The molecule has 4 nitrogen and oxygen atoms in total. The van der Waals surface area contributed by atoms with E-state index in [1.807, 2.05) is 0 Å². The monoisotopic (exact) mass is 251 g/mol. The third-order valence-electron chi connectivity index (χ3n) is 3.60. The fraction of sp³-hybridized carbons (Fsp3) is 0.417. The summed E-state index contributed by atoms with van der Waals surface area (Å²) in [6, 6.07) is 8.06. The van der Waals surface area contributed by atoms with Crippen LogP contribution in [0.5, 0.6) is 0 Å². The van der Waals surface area contributed by atoms with Crippen LogP contribution in [0.1, 0.15) is 19.3 Å². The molecule has 90 valence electrons. The van der Waals surface area contributed by atoms with Gasteiger partial charge in [-0.1, -0.05) is 18.2 Å². The number of hydrogen-bond donors (Lipinski definition) is 0. The van der Waals surface area contributed by atoms with Crippen LogP contribution >= 0.6 is 0 Å². The molecule has 0 radical (unpaired) electrons. The van der Waals surface area contributed by atoms with Gasteiger partial charge in [-0.25, -0.2) is 12.7 Å². The number of benzene rings is 1. The molecule has 1 aromatic rings. The minimum absolute atomic E-state index is 0.0708. The van der Waals surface area contributed by atoms with Gasteiger partial charge in [-0.2, -0.15) is 0 Å². The zero-order valence-corrected chi connectivity index (χ0v) is 10.1. The van der Waals surface area contributed by atoms with Crippen molar-refractivity contribution in [2.75, 3.05) is 0 Å². The third kappa shape index (κ3) is 1.49. The number of amides is 1. The fourth-order valence-corrected chi connectivity index (χ4v) is 4.47. The Balaban J connectivity index is 2.03. The first-order valence-corrected chi connectivity index (χ1v) is 7.18. The molecule has 2 fully saturated rings. The van der Waals surface area contributed by atoms with Gasteiger partial charge in [-0.05, 0) is 31.4 Å². The average molecular weight is 251 g/mol. The third-order valence-corrected chi connectivity index (χ3v) is 5.47. The first-order valence-electron chi connectivity index (χ1n) is 5.74. The second kappa shape index (κ2) is 3.57. The highest BCUT2D eigenvalue weighted by Crippen LogP contribution is 2.41. The molecule has 0 aromatic heterocycles. The van der Waals surface area contributed by atoms with E-state index in [1.54, 1.807) is 18.2 Å². The highest BCUT2D eigenvalue weighted by molar-refractivity contribution is 7.89. The lowest BCUT2D eigenvalue weighted by atomic mass is 10.1. The van der Waals surface area contributed by atoms with Gasteiger partial charge in [0, 0.05) is 12.0 Å². The van der Waals surface area contributed by atoms with Crippen molar-refractivity contribution in [1.29, 1.82) is 0 Å². The number of nitrogens with zero attached hydrogens (tertiary/aromatic N) is 1. The topological polar surface area (TPSA) is 54.5 Å². The van der Waals surface area contributed by atoms with Gasteiger partial charge in [0.2, 0.25) is 5.91 Å². The van der Waals surface area contributed by atoms with Gasteiger partial charge in [0.05, 0.1) is 4.90 Å². The summed E-state index contributed by atoms with van der Waals surface area (Å²) in [4.78, 5) is 12.1. The van der Waals surface area contributed by atoms with Gasteiger partial charge < -0.3 is 0 Å². The maximum absolute atomic E-state index is 12.3. The van der Waals surface area contributed by atoms with Crippen molar-refractivity contribution in [3.8, 4) is 0 Å². The fourth-order valence-electron chi connectivity index (χ4n) is 2.78. The summed E-state index contributed by atoms with van der Waals surface area (Å²) in [6.07, 6.45) is 2.34. The number of hydrogen-bond acceptors (Lipinski definition) is 3. The highest BCUT2D eigenvalue weighted by Gasteiger charge is 2.50. The molecule has 1 aliphatic carbocycles. The van der Waals surface area contributed by atoms with E-state index < -0.39 is 10.0 Å². The van der Waals surface area contributed by atoms with Gasteiger partial charge in [0.1, 0.15) is 0 Å². The minimum atomic E-state index is -3.63. The molecule has 1 aromatic carbocycles. The lowest BCUT2D eigenvalue weighted by Gasteiger charge is -2.26. The Morgan fingerprint density at radius 1 is 1.12 bits per heavy atom. The van der Waals surface area contributed by atoms with Crippen LogP contribution < -0.4 is 0 Å². The summed E-state index contributed by atoms with van der Waals surface area (Å²) in [7, 11) is -3.63. The van der Waals surface area contributed by atoms with Crippen molar-refractivity contribution in [3.05, 3.63) is 30.3 Å². The molecule has 0 N–H and O–H groups in total. The first-order chi connectivity index (χ1) is 8.10. The number of sulfonamides is 1. The molecule has 1 saturated carbocycles. The number of piperidine rings is 1. The zero-order valence-electron chi connectivity index (χ0n) is 9.24. The van der Waals surface area contributed by atoms with Crippen LogP contribution in [0.25, 0.3) is 0 Å². The molecule has 1 aliphatic heterocycles. The van der Waals surface area contributed by atoms with Crippen LogP contribution in [-0.2, 0) is 14.8 Å². The number of rotatable bonds is 2. The molecule has 17 heavy (non-hydrogen) atoms. The Bertz CT molecular complexity index is 552. The summed E-state index contributed by atoms with van der Waals surface area (Å²) < 4.78 is 25.8. The van der Waals surface area contributed by atoms with Crippen molar-refractivity contribution in [1.82, 2.24) is 4.31 Å². The van der Waals surface area contributed by atoms with Gasteiger partial charge in [0.15, 0.2) is 0 Å². The Morgan fingerprint density at radius 3 is 2.41 bits per heavy atom. The maximum Gasteiger partial charge on any atom is 0.266 e. The quantitative estimate of drug-likeness (QED) is 0.798. The Morgan fingerprint density at radius 2 is 1.82 bits per heavy atom. The SMILES string of the molecule is O=C1[C@@H]2CC[C@@H](C2)N1S(=O)(=O)c1ccccc1. The average Bonchev–Trinajstić information content (AvgIpc) is 2.90. The van der Waals surface area contributed by atoms with E-state index in [1.165, 1.54) is 12.1 Å². The Kier molecular flexibility index (Phi) is 2.26. The lowest BCUT2D eigenvalue weighted by molar-refractivity contribution is -0.129. The molecule has 5 heteroatoms. The molecule has 2 bridgehead atoms. The summed E-state index contributed by atoms with van der Waals surface area (Å²) in [6.45, 7) is 0. The molecule has 0 spiro atoms. The van der Waals surface area contributed by atoms with Crippen molar-refractivity contribution in [2.45, 2.75) is 30.2 Å². The second-order valence-electron chi connectivity index (χ2n) is 4.62. The molecular formula is C12H13NO3S. The van der Waals surface area contributed by atoms with Gasteiger partial charge >= 0.3 is 0 Å². The van der Waals surface area contributed by atoms with Crippen LogP contribution in [0, 0.1) is 5.92 Å². The van der Waals surface area contributed by atoms with E-state index in [-0.39, 0.29) is 22.8 Å². The zero-order chi connectivity index (χ0) is 12.0. The molecule has 0 unspecified atom stereocenters. The Hall–Kier alpha value is -1.36. The van der Waals surface area contributed by atoms with Crippen molar-refractivity contribution < 1.29 is 13.2 Å². The molecule has 2 atom stereocenters. The van der Waals surface area contributed by atoms with Crippen LogP contribution in [0.4, 0.5) is 0 Å².